The number of aliphatic hydroxyl groups excluding tert-OH is 1. The molecule has 1 aromatic rings. The van der Waals surface area contributed by atoms with E-state index in [-0.39, 0.29) is 12.6 Å². The first kappa shape index (κ1) is 15.8. The zero-order valence-corrected chi connectivity index (χ0v) is 12.3. The molecule has 0 saturated carbocycles. The lowest BCUT2D eigenvalue weighted by Gasteiger charge is -2.20. The van der Waals surface area contributed by atoms with Crippen LogP contribution in [0.2, 0.25) is 0 Å². The molecule has 1 rings (SSSR count). The fourth-order valence-corrected chi connectivity index (χ4v) is 1.98. The van der Waals surface area contributed by atoms with Gasteiger partial charge in [-0.3, -0.25) is 0 Å². The van der Waals surface area contributed by atoms with Crippen LogP contribution in [-0.4, -0.2) is 38.5 Å². The summed E-state index contributed by atoms with van der Waals surface area (Å²) in [6.45, 7) is 5.15. The molecule has 1 unspecified atom stereocenters. The summed E-state index contributed by atoms with van der Waals surface area (Å²) >= 11 is 0. The van der Waals surface area contributed by atoms with Gasteiger partial charge < -0.3 is 19.9 Å². The Morgan fingerprint density at radius 1 is 1.21 bits per heavy atom. The Bertz CT molecular complexity index is 380. The zero-order chi connectivity index (χ0) is 14.3. The standard InChI is InChI=1S/C15H25NO3/c1-11(2)14(10-17)16-8-7-12-9-13(18-3)5-6-15(12)19-4/h5-6,9,11,14,16-17H,7-8,10H2,1-4H3. The van der Waals surface area contributed by atoms with Gasteiger partial charge in [-0.05, 0) is 42.6 Å². The molecule has 1 aromatic carbocycles. The Morgan fingerprint density at radius 3 is 2.47 bits per heavy atom. The Labute approximate surface area is 115 Å². The fourth-order valence-electron chi connectivity index (χ4n) is 1.98. The van der Waals surface area contributed by atoms with Crippen molar-refractivity contribution < 1.29 is 14.6 Å². The molecule has 1 atom stereocenters. The van der Waals surface area contributed by atoms with Gasteiger partial charge >= 0.3 is 0 Å². The van der Waals surface area contributed by atoms with Gasteiger partial charge in [0.05, 0.1) is 20.8 Å². The van der Waals surface area contributed by atoms with Gasteiger partial charge in [-0.2, -0.15) is 0 Å². The smallest absolute Gasteiger partial charge is 0.122 e. The van der Waals surface area contributed by atoms with Gasteiger partial charge in [-0.25, -0.2) is 0 Å². The fraction of sp³-hybridized carbons (Fsp3) is 0.600. The molecule has 0 radical (unpaired) electrons. The van der Waals surface area contributed by atoms with Crippen molar-refractivity contribution in [2.24, 2.45) is 5.92 Å². The van der Waals surface area contributed by atoms with Crippen molar-refractivity contribution in [2.75, 3.05) is 27.4 Å². The van der Waals surface area contributed by atoms with E-state index in [9.17, 15) is 5.11 Å². The number of hydrogen-bond acceptors (Lipinski definition) is 4. The Morgan fingerprint density at radius 2 is 1.95 bits per heavy atom. The number of aliphatic hydroxyl groups is 1. The zero-order valence-electron chi connectivity index (χ0n) is 12.3. The minimum absolute atomic E-state index is 0.136. The van der Waals surface area contributed by atoms with Crippen LogP contribution >= 0.6 is 0 Å². The summed E-state index contributed by atoms with van der Waals surface area (Å²) in [7, 11) is 3.33. The minimum atomic E-state index is 0.136. The summed E-state index contributed by atoms with van der Waals surface area (Å²) < 4.78 is 10.6. The van der Waals surface area contributed by atoms with Crippen LogP contribution in [0.3, 0.4) is 0 Å². The highest BCUT2D eigenvalue weighted by molar-refractivity contribution is 5.40. The molecule has 0 fully saturated rings. The molecule has 0 amide bonds. The van der Waals surface area contributed by atoms with Gasteiger partial charge in [0.1, 0.15) is 11.5 Å². The highest BCUT2D eigenvalue weighted by Gasteiger charge is 2.11. The second kappa shape index (κ2) is 8.02. The Hall–Kier alpha value is -1.26. The van der Waals surface area contributed by atoms with E-state index in [0.717, 1.165) is 30.0 Å². The molecule has 0 saturated heterocycles. The van der Waals surface area contributed by atoms with E-state index in [1.807, 2.05) is 18.2 Å². The first-order valence-electron chi connectivity index (χ1n) is 6.67. The lowest BCUT2D eigenvalue weighted by molar-refractivity contribution is 0.211. The molecule has 0 bridgehead atoms. The third-order valence-corrected chi connectivity index (χ3v) is 3.29. The maximum absolute atomic E-state index is 9.27. The van der Waals surface area contributed by atoms with E-state index in [1.54, 1.807) is 14.2 Å². The van der Waals surface area contributed by atoms with E-state index in [4.69, 9.17) is 9.47 Å². The number of ether oxygens (including phenoxy) is 2. The lowest BCUT2D eigenvalue weighted by atomic mass is 10.0. The van der Waals surface area contributed by atoms with Crippen molar-refractivity contribution in [1.29, 1.82) is 0 Å². The predicted octanol–water partition coefficient (Wildman–Crippen LogP) is 1.85. The monoisotopic (exact) mass is 267 g/mol. The molecule has 4 heteroatoms. The second-order valence-corrected chi connectivity index (χ2v) is 4.91. The van der Waals surface area contributed by atoms with Crippen molar-refractivity contribution in [3.8, 4) is 11.5 Å². The van der Waals surface area contributed by atoms with Gasteiger partial charge in [-0.1, -0.05) is 13.8 Å². The molecule has 0 aliphatic heterocycles. The Kier molecular flexibility index (Phi) is 6.67. The van der Waals surface area contributed by atoms with E-state index in [2.05, 4.69) is 19.2 Å². The summed E-state index contributed by atoms with van der Waals surface area (Å²) in [6, 6.07) is 5.93. The summed E-state index contributed by atoms with van der Waals surface area (Å²) in [4.78, 5) is 0. The quantitative estimate of drug-likeness (QED) is 0.755. The predicted molar refractivity (Wildman–Crippen MR) is 77.0 cm³/mol. The van der Waals surface area contributed by atoms with E-state index in [1.165, 1.54) is 0 Å². The molecule has 0 spiro atoms. The SMILES string of the molecule is COc1ccc(OC)c(CCNC(CO)C(C)C)c1. The number of rotatable bonds is 8. The van der Waals surface area contributed by atoms with E-state index >= 15 is 0 Å². The van der Waals surface area contributed by atoms with Crippen molar-refractivity contribution in [1.82, 2.24) is 5.32 Å². The molecule has 0 aliphatic rings. The van der Waals surface area contributed by atoms with Crippen LogP contribution in [0.1, 0.15) is 19.4 Å². The number of hydrogen-bond donors (Lipinski definition) is 2. The van der Waals surface area contributed by atoms with Crippen molar-refractivity contribution in [2.45, 2.75) is 26.3 Å². The van der Waals surface area contributed by atoms with Crippen molar-refractivity contribution >= 4 is 0 Å². The molecule has 0 aromatic heterocycles. The molecular weight excluding hydrogens is 242 g/mol. The number of benzene rings is 1. The highest BCUT2D eigenvalue weighted by atomic mass is 16.5. The topological polar surface area (TPSA) is 50.7 Å². The van der Waals surface area contributed by atoms with Crippen LogP contribution < -0.4 is 14.8 Å². The average Bonchev–Trinajstić information content (AvgIpc) is 2.42. The first-order valence-corrected chi connectivity index (χ1v) is 6.67. The third kappa shape index (κ3) is 4.73. The molecule has 19 heavy (non-hydrogen) atoms. The van der Waals surface area contributed by atoms with Crippen LogP contribution in [0.25, 0.3) is 0 Å². The number of methoxy groups -OCH3 is 2. The summed E-state index contributed by atoms with van der Waals surface area (Å²) in [6.07, 6.45) is 0.837. The van der Waals surface area contributed by atoms with Crippen molar-refractivity contribution in [3.63, 3.8) is 0 Å². The van der Waals surface area contributed by atoms with Crippen LogP contribution in [0.4, 0.5) is 0 Å². The summed E-state index contributed by atoms with van der Waals surface area (Å²) in [5, 5.41) is 12.6. The van der Waals surface area contributed by atoms with Gasteiger partial charge in [0.25, 0.3) is 0 Å². The molecule has 4 nitrogen and oxygen atoms in total. The van der Waals surface area contributed by atoms with Crippen LogP contribution in [0, 0.1) is 5.92 Å². The highest BCUT2D eigenvalue weighted by Crippen LogP contribution is 2.24. The Balaban J connectivity index is 2.60. The third-order valence-electron chi connectivity index (χ3n) is 3.29. The van der Waals surface area contributed by atoms with E-state index < -0.39 is 0 Å². The summed E-state index contributed by atoms with van der Waals surface area (Å²) in [5.74, 6) is 2.11. The molecule has 2 N–H and O–H groups in total. The number of nitrogens with one attached hydrogen (secondary N) is 1. The second-order valence-electron chi connectivity index (χ2n) is 4.91. The average molecular weight is 267 g/mol. The molecular formula is C15H25NO3. The maximum atomic E-state index is 9.27. The lowest BCUT2D eigenvalue weighted by Crippen LogP contribution is -2.38. The largest absolute Gasteiger partial charge is 0.497 e. The normalized spacial score (nSPS) is 12.5. The molecule has 0 aliphatic carbocycles. The summed E-state index contributed by atoms with van der Waals surface area (Å²) in [5.41, 5.74) is 1.11. The maximum Gasteiger partial charge on any atom is 0.122 e. The molecule has 0 heterocycles. The van der Waals surface area contributed by atoms with E-state index in [0.29, 0.717) is 5.92 Å². The van der Waals surface area contributed by atoms with Crippen LogP contribution in [-0.2, 0) is 6.42 Å². The van der Waals surface area contributed by atoms with Crippen LogP contribution in [0.15, 0.2) is 18.2 Å². The minimum Gasteiger partial charge on any atom is -0.497 e. The first-order chi connectivity index (χ1) is 9.12. The van der Waals surface area contributed by atoms with Gasteiger partial charge in [-0.15, -0.1) is 0 Å². The van der Waals surface area contributed by atoms with Crippen LogP contribution in [0.5, 0.6) is 11.5 Å². The van der Waals surface area contributed by atoms with Gasteiger partial charge in [0, 0.05) is 6.04 Å². The van der Waals surface area contributed by atoms with Crippen molar-refractivity contribution in [3.05, 3.63) is 23.8 Å². The molecule has 108 valence electrons. The van der Waals surface area contributed by atoms with Gasteiger partial charge in [0.2, 0.25) is 0 Å². The van der Waals surface area contributed by atoms with Gasteiger partial charge in [0.15, 0.2) is 0 Å².